The highest BCUT2D eigenvalue weighted by Crippen LogP contribution is 2.19. The molecule has 0 bridgehead atoms. The van der Waals surface area contributed by atoms with Crippen molar-refractivity contribution in [2.45, 2.75) is 31.3 Å². The molecule has 0 saturated carbocycles. The molecule has 0 aliphatic rings. The molecular weight excluding hydrogens is 368 g/mol. The summed E-state index contributed by atoms with van der Waals surface area (Å²) in [5, 5.41) is 1.97. The summed E-state index contributed by atoms with van der Waals surface area (Å²) in [5.41, 5.74) is 0.453. The fourth-order valence-corrected chi connectivity index (χ4v) is 4.45. The van der Waals surface area contributed by atoms with Gasteiger partial charge in [0.05, 0.1) is 11.4 Å². The zero-order chi connectivity index (χ0) is 19.3. The van der Waals surface area contributed by atoms with Crippen LogP contribution in [0.15, 0.2) is 59.3 Å². The van der Waals surface area contributed by atoms with E-state index in [1.807, 2.05) is 31.4 Å². The molecule has 0 atom stereocenters. The average molecular weight is 393 g/mol. The SMILES string of the molecule is C=CCN(Cc1cccs1)C(=O)c1ccc(S(=O)(=O)N(C)C(C)C)cc1. The molecule has 0 fully saturated rings. The monoisotopic (exact) mass is 392 g/mol. The standard InChI is InChI=1S/C19H24N2O3S2/c1-5-12-21(14-17-7-6-13-25-17)19(22)16-8-10-18(11-9-16)26(23,24)20(4)15(2)3/h5-11,13,15H,1,12,14H2,2-4H3. The first-order valence-electron chi connectivity index (χ1n) is 8.28. The molecule has 0 radical (unpaired) electrons. The fourth-order valence-electron chi connectivity index (χ4n) is 2.36. The number of hydrogen-bond acceptors (Lipinski definition) is 4. The number of carbonyl (C=O) groups excluding carboxylic acids is 1. The van der Waals surface area contributed by atoms with Gasteiger partial charge in [-0.2, -0.15) is 4.31 Å². The van der Waals surface area contributed by atoms with Crippen molar-refractivity contribution in [2.75, 3.05) is 13.6 Å². The van der Waals surface area contributed by atoms with Crippen LogP contribution in [0.25, 0.3) is 0 Å². The summed E-state index contributed by atoms with van der Waals surface area (Å²) in [6.45, 7) is 8.26. The third kappa shape index (κ3) is 4.60. The van der Waals surface area contributed by atoms with Crippen molar-refractivity contribution >= 4 is 27.3 Å². The molecule has 2 aromatic rings. The Morgan fingerprint density at radius 2 is 1.88 bits per heavy atom. The van der Waals surface area contributed by atoms with Crippen molar-refractivity contribution in [3.8, 4) is 0 Å². The van der Waals surface area contributed by atoms with Crippen LogP contribution in [0.4, 0.5) is 0 Å². The number of thiophene rings is 1. The Hall–Kier alpha value is -1.96. The summed E-state index contributed by atoms with van der Waals surface area (Å²) in [6, 6.07) is 9.88. The van der Waals surface area contributed by atoms with Crippen molar-refractivity contribution in [1.29, 1.82) is 0 Å². The predicted octanol–water partition coefficient (Wildman–Crippen LogP) is 3.61. The van der Waals surface area contributed by atoms with E-state index in [2.05, 4.69) is 6.58 Å². The van der Waals surface area contributed by atoms with Gasteiger partial charge in [0.1, 0.15) is 0 Å². The molecule has 2 rings (SSSR count). The van der Waals surface area contributed by atoms with Gasteiger partial charge >= 0.3 is 0 Å². The second kappa shape index (κ2) is 8.62. The number of amides is 1. The Kier molecular flexibility index (Phi) is 6.75. The maximum absolute atomic E-state index is 12.8. The fraction of sp³-hybridized carbons (Fsp3) is 0.316. The van der Waals surface area contributed by atoms with Gasteiger partial charge in [-0.15, -0.1) is 17.9 Å². The van der Waals surface area contributed by atoms with Gasteiger partial charge in [-0.1, -0.05) is 12.1 Å². The van der Waals surface area contributed by atoms with Crippen LogP contribution in [-0.2, 0) is 16.6 Å². The summed E-state index contributed by atoms with van der Waals surface area (Å²) >= 11 is 1.59. The lowest BCUT2D eigenvalue weighted by atomic mass is 10.2. The number of nitrogens with zero attached hydrogens (tertiary/aromatic N) is 2. The van der Waals surface area contributed by atoms with Crippen LogP contribution in [0.2, 0.25) is 0 Å². The Balaban J connectivity index is 2.22. The molecule has 0 N–H and O–H groups in total. The lowest BCUT2D eigenvalue weighted by Crippen LogP contribution is -2.33. The number of sulfonamides is 1. The highest BCUT2D eigenvalue weighted by molar-refractivity contribution is 7.89. The van der Waals surface area contributed by atoms with Crippen molar-refractivity contribution in [2.24, 2.45) is 0 Å². The summed E-state index contributed by atoms with van der Waals surface area (Å²) in [6.07, 6.45) is 1.68. The van der Waals surface area contributed by atoms with Crippen LogP contribution < -0.4 is 0 Å². The lowest BCUT2D eigenvalue weighted by Gasteiger charge is -2.22. The van der Waals surface area contributed by atoms with E-state index in [0.29, 0.717) is 18.7 Å². The zero-order valence-electron chi connectivity index (χ0n) is 15.3. The average Bonchev–Trinajstić information content (AvgIpc) is 3.13. The van der Waals surface area contributed by atoms with Gasteiger partial charge in [-0.25, -0.2) is 8.42 Å². The summed E-state index contributed by atoms with van der Waals surface area (Å²) in [4.78, 5) is 15.7. The Bertz CT molecular complexity index is 841. The second-order valence-corrected chi connectivity index (χ2v) is 9.22. The number of hydrogen-bond donors (Lipinski definition) is 0. The van der Waals surface area contributed by atoms with Gasteiger partial charge in [-0.3, -0.25) is 4.79 Å². The van der Waals surface area contributed by atoms with Crippen LogP contribution in [0.5, 0.6) is 0 Å². The highest BCUT2D eigenvalue weighted by atomic mass is 32.2. The zero-order valence-corrected chi connectivity index (χ0v) is 16.9. The summed E-state index contributed by atoms with van der Waals surface area (Å²) in [7, 11) is -2.01. The summed E-state index contributed by atoms with van der Waals surface area (Å²) in [5.74, 6) is -0.153. The minimum Gasteiger partial charge on any atom is -0.330 e. The van der Waals surface area contributed by atoms with Gasteiger partial charge < -0.3 is 4.90 Å². The van der Waals surface area contributed by atoms with E-state index in [-0.39, 0.29) is 16.8 Å². The quantitative estimate of drug-likeness (QED) is 0.645. The molecule has 0 aliphatic carbocycles. The van der Waals surface area contributed by atoms with Crippen LogP contribution >= 0.6 is 11.3 Å². The Morgan fingerprint density at radius 1 is 1.23 bits per heavy atom. The third-order valence-electron chi connectivity index (χ3n) is 4.07. The van der Waals surface area contributed by atoms with E-state index in [4.69, 9.17) is 0 Å². The maximum atomic E-state index is 12.8. The maximum Gasteiger partial charge on any atom is 0.254 e. The normalized spacial score (nSPS) is 11.7. The molecule has 140 valence electrons. The molecule has 1 aromatic heterocycles. The van der Waals surface area contributed by atoms with Crippen molar-refractivity contribution in [1.82, 2.24) is 9.21 Å². The molecule has 1 amide bonds. The lowest BCUT2D eigenvalue weighted by molar-refractivity contribution is 0.0764. The van der Waals surface area contributed by atoms with E-state index >= 15 is 0 Å². The van der Waals surface area contributed by atoms with Crippen LogP contribution in [0, 0.1) is 0 Å². The van der Waals surface area contributed by atoms with Crippen LogP contribution in [-0.4, -0.2) is 43.2 Å². The van der Waals surface area contributed by atoms with Crippen molar-refractivity contribution in [3.05, 3.63) is 64.9 Å². The first-order chi connectivity index (χ1) is 12.3. The predicted molar refractivity (Wildman–Crippen MR) is 106 cm³/mol. The topological polar surface area (TPSA) is 57.7 Å². The van der Waals surface area contributed by atoms with Gasteiger partial charge in [0.25, 0.3) is 5.91 Å². The molecule has 0 aliphatic heterocycles. The molecule has 0 saturated heterocycles. The third-order valence-corrected chi connectivity index (χ3v) is 6.98. The largest absolute Gasteiger partial charge is 0.330 e. The Labute approximate surface area is 159 Å². The molecule has 5 nitrogen and oxygen atoms in total. The van der Waals surface area contributed by atoms with Crippen molar-refractivity contribution in [3.63, 3.8) is 0 Å². The van der Waals surface area contributed by atoms with Crippen LogP contribution in [0.3, 0.4) is 0 Å². The van der Waals surface area contributed by atoms with Crippen molar-refractivity contribution < 1.29 is 13.2 Å². The van der Waals surface area contributed by atoms with Gasteiger partial charge in [0.2, 0.25) is 10.0 Å². The van der Waals surface area contributed by atoms with E-state index in [1.54, 1.807) is 41.5 Å². The second-order valence-electron chi connectivity index (χ2n) is 6.19. The smallest absolute Gasteiger partial charge is 0.254 e. The minimum absolute atomic E-state index is 0.143. The molecular formula is C19H24N2O3S2. The van der Waals surface area contributed by atoms with Gasteiger partial charge in [0, 0.05) is 30.1 Å². The van der Waals surface area contributed by atoms with Crippen LogP contribution in [0.1, 0.15) is 29.1 Å². The molecule has 7 heteroatoms. The summed E-state index contributed by atoms with van der Waals surface area (Å²) < 4.78 is 26.4. The minimum atomic E-state index is -3.56. The Morgan fingerprint density at radius 3 is 2.38 bits per heavy atom. The van der Waals surface area contributed by atoms with Gasteiger partial charge in [-0.05, 0) is 49.6 Å². The first-order valence-corrected chi connectivity index (χ1v) is 10.6. The van der Waals surface area contributed by atoms with Gasteiger partial charge in [0.15, 0.2) is 0 Å². The number of benzene rings is 1. The van der Waals surface area contributed by atoms with E-state index in [0.717, 1.165) is 4.88 Å². The van der Waals surface area contributed by atoms with E-state index in [9.17, 15) is 13.2 Å². The molecule has 0 spiro atoms. The number of rotatable bonds is 8. The van der Waals surface area contributed by atoms with E-state index < -0.39 is 10.0 Å². The first kappa shape index (κ1) is 20.4. The molecule has 0 unspecified atom stereocenters. The molecule has 1 aromatic carbocycles. The number of carbonyl (C=O) groups is 1. The van der Waals surface area contributed by atoms with E-state index in [1.165, 1.54) is 16.4 Å². The molecule has 1 heterocycles. The molecule has 26 heavy (non-hydrogen) atoms. The highest BCUT2D eigenvalue weighted by Gasteiger charge is 2.23.